The lowest BCUT2D eigenvalue weighted by Gasteiger charge is -2.40. The van der Waals surface area contributed by atoms with E-state index in [4.69, 9.17) is 0 Å². The van der Waals surface area contributed by atoms with Gasteiger partial charge in [0.2, 0.25) is 0 Å². The van der Waals surface area contributed by atoms with Gasteiger partial charge in [-0.2, -0.15) is 0 Å². The van der Waals surface area contributed by atoms with E-state index in [2.05, 4.69) is 33.9 Å². The van der Waals surface area contributed by atoms with Crippen molar-refractivity contribution in [1.29, 1.82) is 0 Å². The van der Waals surface area contributed by atoms with Crippen LogP contribution in [-0.4, -0.2) is 13.9 Å². The van der Waals surface area contributed by atoms with E-state index in [0.29, 0.717) is 16.7 Å². The number of hydrogen-bond acceptors (Lipinski definition) is 1. The van der Waals surface area contributed by atoms with Crippen molar-refractivity contribution >= 4 is 13.9 Å². The summed E-state index contributed by atoms with van der Waals surface area (Å²) >= 11 is 0. The summed E-state index contributed by atoms with van der Waals surface area (Å²) in [6, 6.07) is 1.20. The van der Waals surface area contributed by atoms with E-state index in [-0.39, 0.29) is 0 Å². The molecule has 1 saturated carbocycles. The zero-order chi connectivity index (χ0) is 11.7. The van der Waals surface area contributed by atoms with Gasteiger partial charge >= 0.3 is 0 Å². The third-order valence-electron chi connectivity index (χ3n) is 4.47. The lowest BCUT2D eigenvalue weighted by molar-refractivity contribution is -0.123. The van der Waals surface area contributed by atoms with Crippen molar-refractivity contribution in [3.05, 3.63) is 0 Å². The van der Waals surface area contributed by atoms with Crippen LogP contribution >= 0.6 is 0 Å². The molecule has 1 atom stereocenters. The second-order valence-electron chi connectivity index (χ2n) is 6.75. The topological polar surface area (TPSA) is 17.1 Å². The molecule has 0 aromatic carbocycles. The highest BCUT2D eigenvalue weighted by Crippen LogP contribution is 2.42. The van der Waals surface area contributed by atoms with Crippen LogP contribution in [0.5, 0.6) is 0 Å². The molecule has 1 rings (SSSR count). The van der Waals surface area contributed by atoms with Gasteiger partial charge in [-0.05, 0) is 23.9 Å². The van der Waals surface area contributed by atoms with Gasteiger partial charge in [0.15, 0.2) is 0 Å². The molecule has 0 aromatic rings. The molecule has 1 aliphatic carbocycles. The maximum Gasteiger partial charge on any atom is 0.135 e. The summed E-state index contributed by atoms with van der Waals surface area (Å²) in [6.45, 7) is 11.9. The molecule has 0 amide bonds. The van der Waals surface area contributed by atoms with Crippen LogP contribution in [0.2, 0.25) is 24.2 Å². The van der Waals surface area contributed by atoms with Crippen LogP contribution in [0.3, 0.4) is 0 Å². The lowest BCUT2D eigenvalue weighted by atomic mass is 9.89. The zero-order valence-corrected chi connectivity index (χ0v) is 12.0. The van der Waals surface area contributed by atoms with Crippen molar-refractivity contribution in [1.82, 2.24) is 0 Å². The van der Waals surface area contributed by atoms with Crippen LogP contribution in [0.15, 0.2) is 0 Å². The SMILES string of the molecule is CC(C)(C)[Si](C)(C)CC1CCCCC1=O. The Morgan fingerprint density at radius 2 is 1.87 bits per heavy atom. The van der Waals surface area contributed by atoms with E-state index >= 15 is 0 Å². The highest BCUT2D eigenvalue weighted by atomic mass is 28.3. The molecule has 0 aliphatic heterocycles. The van der Waals surface area contributed by atoms with Crippen molar-refractivity contribution < 1.29 is 4.79 Å². The number of carbonyl (C=O) groups is 1. The van der Waals surface area contributed by atoms with E-state index in [0.717, 1.165) is 19.3 Å². The molecule has 1 aliphatic rings. The Bertz CT molecular complexity index is 237. The van der Waals surface area contributed by atoms with Gasteiger partial charge in [0.05, 0.1) is 8.07 Å². The van der Waals surface area contributed by atoms with Gasteiger partial charge in [0.25, 0.3) is 0 Å². The molecular formula is C13H26OSi. The number of carbonyl (C=O) groups excluding carboxylic acids is 1. The molecule has 0 saturated heterocycles. The fraction of sp³-hybridized carbons (Fsp3) is 0.923. The van der Waals surface area contributed by atoms with Crippen molar-refractivity contribution in [2.75, 3.05) is 0 Å². The molecule has 88 valence electrons. The largest absolute Gasteiger partial charge is 0.299 e. The first-order valence-electron chi connectivity index (χ1n) is 6.27. The standard InChI is InChI=1S/C13H26OSi/c1-13(2,3)15(4,5)10-11-8-6-7-9-12(11)14/h11H,6-10H2,1-5H3. The van der Waals surface area contributed by atoms with Gasteiger partial charge in [-0.25, -0.2) is 0 Å². The summed E-state index contributed by atoms with van der Waals surface area (Å²) in [6.07, 6.45) is 4.41. The van der Waals surface area contributed by atoms with Crippen LogP contribution in [0.1, 0.15) is 46.5 Å². The molecule has 2 heteroatoms. The average molecular weight is 226 g/mol. The maximum atomic E-state index is 11.8. The molecule has 0 aromatic heterocycles. The van der Waals surface area contributed by atoms with Gasteiger partial charge in [-0.15, -0.1) is 0 Å². The first kappa shape index (κ1) is 13.0. The lowest BCUT2D eigenvalue weighted by Crippen LogP contribution is -2.40. The summed E-state index contributed by atoms with van der Waals surface area (Å²) in [5.41, 5.74) is 0. The minimum atomic E-state index is -1.25. The van der Waals surface area contributed by atoms with Gasteiger partial charge in [0.1, 0.15) is 5.78 Å². The summed E-state index contributed by atoms with van der Waals surface area (Å²) in [7, 11) is -1.25. The van der Waals surface area contributed by atoms with Crippen LogP contribution in [-0.2, 0) is 4.79 Å². The van der Waals surface area contributed by atoms with E-state index < -0.39 is 8.07 Å². The van der Waals surface area contributed by atoms with Gasteiger partial charge in [-0.3, -0.25) is 4.79 Å². The number of hydrogen-bond donors (Lipinski definition) is 0. The highest BCUT2D eigenvalue weighted by Gasteiger charge is 2.38. The molecule has 0 N–H and O–H groups in total. The van der Waals surface area contributed by atoms with Crippen LogP contribution < -0.4 is 0 Å². The van der Waals surface area contributed by atoms with Crippen molar-refractivity contribution in [2.24, 2.45) is 5.92 Å². The smallest absolute Gasteiger partial charge is 0.135 e. The Kier molecular flexibility index (Phi) is 3.80. The van der Waals surface area contributed by atoms with Crippen LogP contribution in [0.25, 0.3) is 0 Å². The van der Waals surface area contributed by atoms with Crippen molar-refractivity contribution in [2.45, 2.75) is 70.6 Å². The molecule has 0 radical (unpaired) electrons. The number of ketones is 1. The van der Waals surface area contributed by atoms with Gasteiger partial charge in [0, 0.05) is 12.3 Å². The third-order valence-corrected chi connectivity index (χ3v) is 10.0. The Hall–Kier alpha value is -0.113. The fourth-order valence-corrected chi connectivity index (χ4v) is 4.47. The minimum Gasteiger partial charge on any atom is -0.299 e. The fourth-order valence-electron chi connectivity index (χ4n) is 2.19. The molecular weight excluding hydrogens is 200 g/mol. The second-order valence-corrected chi connectivity index (χ2v) is 12.4. The maximum absolute atomic E-state index is 11.8. The minimum absolute atomic E-state index is 0.402. The molecule has 1 fully saturated rings. The van der Waals surface area contributed by atoms with Crippen LogP contribution in [0, 0.1) is 5.92 Å². The quantitative estimate of drug-likeness (QED) is 0.643. The number of Topliss-reactive ketones (excluding diaryl/α,β-unsaturated/α-hetero) is 1. The third kappa shape index (κ3) is 3.17. The van der Waals surface area contributed by atoms with Crippen molar-refractivity contribution in [3.8, 4) is 0 Å². The zero-order valence-electron chi connectivity index (χ0n) is 11.0. The monoisotopic (exact) mass is 226 g/mol. The van der Waals surface area contributed by atoms with Crippen LogP contribution in [0.4, 0.5) is 0 Å². The molecule has 0 bridgehead atoms. The molecule has 1 unspecified atom stereocenters. The Morgan fingerprint density at radius 1 is 1.27 bits per heavy atom. The molecule has 1 nitrogen and oxygen atoms in total. The molecule has 15 heavy (non-hydrogen) atoms. The predicted molar refractivity (Wildman–Crippen MR) is 69.0 cm³/mol. The predicted octanol–water partition coefficient (Wildman–Crippen LogP) is 4.25. The van der Waals surface area contributed by atoms with Gasteiger partial charge in [-0.1, -0.05) is 40.3 Å². The summed E-state index contributed by atoms with van der Waals surface area (Å²) in [4.78, 5) is 11.8. The van der Waals surface area contributed by atoms with E-state index in [1.165, 1.54) is 12.5 Å². The summed E-state index contributed by atoms with van der Waals surface area (Å²) in [5, 5.41) is 0.421. The number of rotatable bonds is 2. The average Bonchev–Trinajstić information content (AvgIpc) is 2.06. The normalized spacial score (nSPS) is 24.3. The first-order valence-corrected chi connectivity index (χ1v) is 9.47. The van der Waals surface area contributed by atoms with Gasteiger partial charge < -0.3 is 0 Å². The Morgan fingerprint density at radius 3 is 2.33 bits per heavy atom. The first-order chi connectivity index (χ1) is 6.74. The molecule has 0 heterocycles. The highest BCUT2D eigenvalue weighted by molar-refractivity contribution is 6.80. The summed E-state index contributed by atoms with van der Waals surface area (Å²) < 4.78 is 0. The second kappa shape index (κ2) is 4.40. The van der Waals surface area contributed by atoms with E-state index in [9.17, 15) is 4.79 Å². The molecule has 0 spiro atoms. The van der Waals surface area contributed by atoms with E-state index in [1.807, 2.05) is 0 Å². The van der Waals surface area contributed by atoms with Crippen molar-refractivity contribution in [3.63, 3.8) is 0 Å². The summed E-state index contributed by atoms with van der Waals surface area (Å²) in [5.74, 6) is 0.950. The van der Waals surface area contributed by atoms with E-state index in [1.54, 1.807) is 0 Å². The Balaban J connectivity index is 2.63. The Labute approximate surface area is 95.7 Å².